The maximum absolute atomic E-state index is 10.4. The molecule has 0 heterocycles. The SMILES string of the molecule is CCC(=O)OC(C)C.[NaH]. The second kappa shape index (κ2) is 6.59. The molecule has 0 bridgehead atoms. The molecular weight excluding hydrogens is 127 g/mol. The molecule has 0 saturated heterocycles. The van der Waals surface area contributed by atoms with Crippen LogP contribution in [0, 0.1) is 0 Å². The van der Waals surface area contributed by atoms with Crippen LogP contribution in [0.1, 0.15) is 27.2 Å². The fourth-order valence-corrected chi connectivity index (χ4v) is 0.346. The van der Waals surface area contributed by atoms with Gasteiger partial charge in [-0.25, -0.2) is 0 Å². The Bertz CT molecular complexity index is 81.1. The molecule has 9 heavy (non-hydrogen) atoms. The van der Waals surface area contributed by atoms with E-state index < -0.39 is 0 Å². The van der Waals surface area contributed by atoms with E-state index >= 15 is 0 Å². The molecule has 0 aromatic carbocycles. The van der Waals surface area contributed by atoms with Gasteiger partial charge in [-0.05, 0) is 13.8 Å². The first kappa shape index (κ1) is 12.2. The average molecular weight is 140 g/mol. The predicted molar refractivity (Wildman–Crippen MR) is 38.7 cm³/mol. The van der Waals surface area contributed by atoms with Gasteiger partial charge in [0.1, 0.15) is 0 Å². The van der Waals surface area contributed by atoms with E-state index in [-0.39, 0.29) is 41.6 Å². The summed E-state index contributed by atoms with van der Waals surface area (Å²) in [5.74, 6) is -0.125. The number of carbonyl (C=O) groups excluding carboxylic acids is 1. The van der Waals surface area contributed by atoms with Gasteiger partial charge < -0.3 is 4.74 Å². The minimum atomic E-state index is -0.125. The molecule has 0 aliphatic heterocycles. The molecule has 0 amide bonds. The molecule has 0 N–H and O–H groups in total. The number of ether oxygens (including phenoxy) is 1. The molecule has 0 saturated carbocycles. The molecule has 0 spiro atoms. The summed E-state index contributed by atoms with van der Waals surface area (Å²) >= 11 is 0. The number of esters is 1. The summed E-state index contributed by atoms with van der Waals surface area (Å²) in [6, 6.07) is 0. The van der Waals surface area contributed by atoms with Crippen LogP contribution in [0.5, 0.6) is 0 Å². The maximum atomic E-state index is 10.4. The first-order valence-corrected chi connectivity index (χ1v) is 2.86. The van der Waals surface area contributed by atoms with E-state index in [4.69, 9.17) is 4.74 Å². The van der Waals surface area contributed by atoms with Crippen LogP contribution in [-0.2, 0) is 9.53 Å². The molecule has 0 aliphatic rings. The molecule has 0 aromatic rings. The first-order valence-electron chi connectivity index (χ1n) is 2.86. The number of hydrogen-bond donors (Lipinski definition) is 0. The standard InChI is InChI=1S/C6H12O2.Na.H/c1-4-6(7)8-5(2)3;;/h5H,4H2,1-3H3;;. The zero-order valence-corrected chi connectivity index (χ0v) is 5.60. The second-order valence-corrected chi connectivity index (χ2v) is 1.89. The Labute approximate surface area is 78.3 Å². The molecule has 3 heteroatoms. The van der Waals surface area contributed by atoms with Crippen LogP contribution < -0.4 is 0 Å². The van der Waals surface area contributed by atoms with Gasteiger partial charge in [0, 0.05) is 6.42 Å². The summed E-state index contributed by atoms with van der Waals surface area (Å²) in [4.78, 5) is 10.4. The average Bonchev–Trinajstić information content (AvgIpc) is 1.65. The van der Waals surface area contributed by atoms with Crippen molar-refractivity contribution in [2.24, 2.45) is 0 Å². The molecule has 0 fully saturated rings. The van der Waals surface area contributed by atoms with Crippen molar-refractivity contribution in [3.63, 3.8) is 0 Å². The van der Waals surface area contributed by atoms with Crippen LogP contribution in [0.4, 0.5) is 0 Å². The van der Waals surface area contributed by atoms with Crippen LogP contribution >= 0.6 is 0 Å². The quantitative estimate of drug-likeness (QED) is 0.417. The van der Waals surface area contributed by atoms with Gasteiger partial charge in [0.25, 0.3) is 0 Å². The van der Waals surface area contributed by atoms with Crippen molar-refractivity contribution in [1.82, 2.24) is 0 Å². The predicted octanol–water partition coefficient (Wildman–Crippen LogP) is 0.700. The van der Waals surface area contributed by atoms with E-state index in [1.807, 2.05) is 13.8 Å². The molecule has 0 radical (unpaired) electrons. The van der Waals surface area contributed by atoms with Crippen LogP contribution in [0.3, 0.4) is 0 Å². The van der Waals surface area contributed by atoms with Crippen molar-refractivity contribution in [2.75, 3.05) is 0 Å². The van der Waals surface area contributed by atoms with Crippen molar-refractivity contribution in [3.8, 4) is 0 Å². The third-order valence-electron chi connectivity index (χ3n) is 0.656. The van der Waals surface area contributed by atoms with Gasteiger partial charge in [-0.2, -0.15) is 0 Å². The molecule has 0 unspecified atom stereocenters. The van der Waals surface area contributed by atoms with E-state index in [2.05, 4.69) is 0 Å². The van der Waals surface area contributed by atoms with Gasteiger partial charge in [0.05, 0.1) is 6.10 Å². The zero-order valence-electron chi connectivity index (χ0n) is 5.60. The Kier molecular flexibility index (Phi) is 8.91. The van der Waals surface area contributed by atoms with Crippen LogP contribution in [0.2, 0.25) is 0 Å². The topological polar surface area (TPSA) is 26.3 Å². The Balaban J connectivity index is 0. The van der Waals surface area contributed by atoms with E-state index in [9.17, 15) is 4.79 Å². The monoisotopic (exact) mass is 140 g/mol. The molecule has 0 aliphatic carbocycles. The molecule has 0 rings (SSSR count). The van der Waals surface area contributed by atoms with E-state index in [0.29, 0.717) is 6.42 Å². The molecule has 0 atom stereocenters. The fraction of sp³-hybridized carbons (Fsp3) is 0.833. The van der Waals surface area contributed by atoms with Crippen molar-refractivity contribution >= 4 is 35.5 Å². The van der Waals surface area contributed by atoms with E-state index in [0.717, 1.165) is 0 Å². The first-order chi connectivity index (χ1) is 3.66. The summed E-state index contributed by atoms with van der Waals surface area (Å²) in [5.41, 5.74) is 0. The third-order valence-corrected chi connectivity index (χ3v) is 0.656. The number of rotatable bonds is 2. The van der Waals surface area contributed by atoms with E-state index in [1.54, 1.807) is 6.92 Å². The Morgan fingerprint density at radius 2 is 2.00 bits per heavy atom. The van der Waals surface area contributed by atoms with Crippen LogP contribution in [-0.4, -0.2) is 41.6 Å². The van der Waals surface area contributed by atoms with Gasteiger partial charge in [-0.1, -0.05) is 6.92 Å². The number of carbonyl (C=O) groups is 1. The van der Waals surface area contributed by atoms with Gasteiger partial charge in [0.2, 0.25) is 0 Å². The summed E-state index contributed by atoms with van der Waals surface area (Å²) in [7, 11) is 0. The minimum absolute atomic E-state index is 0. The molecule has 2 nitrogen and oxygen atoms in total. The Morgan fingerprint density at radius 3 is 2.11 bits per heavy atom. The second-order valence-electron chi connectivity index (χ2n) is 1.89. The van der Waals surface area contributed by atoms with Gasteiger partial charge in [-0.15, -0.1) is 0 Å². The molecule has 50 valence electrons. The summed E-state index contributed by atoms with van der Waals surface area (Å²) in [6.07, 6.45) is 0.500. The summed E-state index contributed by atoms with van der Waals surface area (Å²) in [5, 5.41) is 0. The zero-order chi connectivity index (χ0) is 6.57. The number of hydrogen-bond acceptors (Lipinski definition) is 2. The van der Waals surface area contributed by atoms with Gasteiger partial charge in [-0.3, -0.25) is 4.79 Å². The Morgan fingerprint density at radius 1 is 1.56 bits per heavy atom. The van der Waals surface area contributed by atoms with Gasteiger partial charge >= 0.3 is 35.5 Å². The van der Waals surface area contributed by atoms with Crippen LogP contribution in [0.15, 0.2) is 0 Å². The van der Waals surface area contributed by atoms with E-state index in [1.165, 1.54) is 0 Å². The van der Waals surface area contributed by atoms with Crippen molar-refractivity contribution in [1.29, 1.82) is 0 Å². The van der Waals surface area contributed by atoms with Crippen molar-refractivity contribution < 1.29 is 9.53 Å². The van der Waals surface area contributed by atoms with Crippen molar-refractivity contribution in [2.45, 2.75) is 33.3 Å². The molecular formula is C6H13NaO2. The summed E-state index contributed by atoms with van der Waals surface area (Å²) in [6.45, 7) is 5.46. The van der Waals surface area contributed by atoms with Crippen molar-refractivity contribution in [3.05, 3.63) is 0 Å². The molecule has 0 aromatic heterocycles. The summed E-state index contributed by atoms with van der Waals surface area (Å²) < 4.78 is 4.76. The van der Waals surface area contributed by atoms with Crippen LogP contribution in [0.25, 0.3) is 0 Å². The Hall–Kier alpha value is 0.470. The normalized spacial score (nSPS) is 8.44. The van der Waals surface area contributed by atoms with Gasteiger partial charge in [0.15, 0.2) is 0 Å². The third kappa shape index (κ3) is 8.47. The fourth-order valence-electron chi connectivity index (χ4n) is 0.346.